The second kappa shape index (κ2) is 5.69. The van der Waals surface area contributed by atoms with Crippen molar-refractivity contribution in [2.24, 2.45) is 0 Å². The summed E-state index contributed by atoms with van der Waals surface area (Å²) in [4.78, 5) is 2.24. The van der Waals surface area contributed by atoms with E-state index in [2.05, 4.69) is 29.2 Å². The van der Waals surface area contributed by atoms with E-state index in [4.69, 9.17) is 5.41 Å². The highest BCUT2D eigenvalue weighted by molar-refractivity contribution is 5.79. The molecule has 0 spiro atoms. The van der Waals surface area contributed by atoms with E-state index in [1.807, 2.05) is 6.07 Å². The predicted octanol–water partition coefficient (Wildman–Crippen LogP) is 3.08. The molecule has 1 aliphatic heterocycles. The van der Waals surface area contributed by atoms with Gasteiger partial charge in [0.05, 0.1) is 5.84 Å². The molecule has 0 aromatic heterocycles. The van der Waals surface area contributed by atoms with Crippen molar-refractivity contribution in [1.29, 1.82) is 5.41 Å². The molecule has 16 heavy (non-hydrogen) atoms. The van der Waals surface area contributed by atoms with E-state index >= 15 is 0 Å². The number of benzene rings is 1. The molecule has 1 aromatic rings. The number of hydrogen-bond acceptors (Lipinski definition) is 1. The first kappa shape index (κ1) is 11.2. The first-order valence-electron chi connectivity index (χ1n) is 6.22. The Hall–Kier alpha value is -1.31. The molecule has 0 atom stereocenters. The van der Waals surface area contributed by atoms with Crippen LogP contribution in [0.5, 0.6) is 0 Å². The Morgan fingerprint density at radius 2 is 1.75 bits per heavy atom. The van der Waals surface area contributed by atoms with E-state index in [1.165, 1.54) is 24.8 Å². The van der Waals surface area contributed by atoms with Gasteiger partial charge < -0.3 is 4.90 Å². The third-order valence-electron chi connectivity index (χ3n) is 3.23. The van der Waals surface area contributed by atoms with Gasteiger partial charge in [0, 0.05) is 19.5 Å². The van der Waals surface area contributed by atoms with E-state index in [9.17, 15) is 0 Å². The lowest BCUT2D eigenvalue weighted by atomic mass is 10.1. The van der Waals surface area contributed by atoms with Crippen molar-refractivity contribution in [1.82, 2.24) is 4.90 Å². The fraction of sp³-hybridized carbons (Fsp3) is 0.500. The zero-order valence-corrected chi connectivity index (χ0v) is 9.78. The molecule has 86 valence electrons. The summed E-state index contributed by atoms with van der Waals surface area (Å²) in [5.74, 6) is 0.823. The number of nitrogens with zero attached hydrogens (tertiary/aromatic N) is 1. The van der Waals surface area contributed by atoms with Gasteiger partial charge in [-0.2, -0.15) is 0 Å². The quantitative estimate of drug-likeness (QED) is 0.610. The number of aryl methyl sites for hydroxylation is 1. The molecule has 1 aliphatic rings. The van der Waals surface area contributed by atoms with Crippen LogP contribution in [-0.2, 0) is 6.42 Å². The summed E-state index contributed by atoms with van der Waals surface area (Å²) in [5, 5.41) is 8.06. The van der Waals surface area contributed by atoms with Crippen molar-refractivity contribution in [3.8, 4) is 0 Å². The van der Waals surface area contributed by atoms with Crippen molar-refractivity contribution < 1.29 is 0 Å². The maximum Gasteiger partial charge on any atom is 0.0960 e. The maximum absolute atomic E-state index is 8.06. The van der Waals surface area contributed by atoms with E-state index in [1.54, 1.807) is 0 Å². The van der Waals surface area contributed by atoms with Gasteiger partial charge in [-0.25, -0.2) is 0 Å². The van der Waals surface area contributed by atoms with Crippen molar-refractivity contribution in [2.75, 3.05) is 13.1 Å². The molecular weight excluding hydrogens is 196 g/mol. The van der Waals surface area contributed by atoms with E-state index in [0.717, 1.165) is 31.8 Å². The SMILES string of the molecule is N=C(CCc1ccccc1)N1CCCCC1. The summed E-state index contributed by atoms with van der Waals surface area (Å²) in [6.45, 7) is 2.18. The van der Waals surface area contributed by atoms with Gasteiger partial charge in [-0.3, -0.25) is 5.41 Å². The molecular formula is C14H20N2. The van der Waals surface area contributed by atoms with Gasteiger partial charge in [0.1, 0.15) is 0 Å². The van der Waals surface area contributed by atoms with Crippen molar-refractivity contribution in [3.05, 3.63) is 35.9 Å². The largest absolute Gasteiger partial charge is 0.361 e. The molecule has 0 saturated carbocycles. The molecule has 0 radical (unpaired) electrons. The second-order valence-electron chi connectivity index (χ2n) is 4.48. The summed E-state index contributed by atoms with van der Waals surface area (Å²) < 4.78 is 0. The van der Waals surface area contributed by atoms with Gasteiger partial charge in [-0.05, 0) is 31.2 Å². The second-order valence-corrected chi connectivity index (χ2v) is 4.48. The lowest BCUT2D eigenvalue weighted by Gasteiger charge is -2.29. The number of piperidine rings is 1. The Bertz CT molecular complexity index is 326. The number of hydrogen-bond donors (Lipinski definition) is 1. The molecule has 2 rings (SSSR count). The molecule has 2 nitrogen and oxygen atoms in total. The van der Waals surface area contributed by atoms with Gasteiger partial charge >= 0.3 is 0 Å². The molecule has 2 heteroatoms. The highest BCUT2D eigenvalue weighted by Gasteiger charge is 2.12. The minimum atomic E-state index is 0.823. The normalized spacial score (nSPS) is 16.1. The summed E-state index contributed by atoms with van der Waals surface area (Å²) in [6.07, 6.45) is 5.73. The number of nitrogens with one attached hydrogen (secondary N) is 1. The van der Waals surface area contributed by atoms with Crippen LogP contribution in [-0.4, -0.2) is 23.8 Å². The lowest BCUT2D eigenvalue weighted by molar-refractivity contribution is 0.334. The number of likely N-dealkylation sites (tertiary alicyclic amines) is 1. The van der Waals surface area contributed by atoms with Crippen LogP contribution in [0.1, 0.15) is 31.2 Å². The average Bonchev–Trinajstić information content (AvgIpc) is 2.38. The van der Waals surface area contributed by atoms with Gasteiger partial charge in [0.2, 0.25) is 0 Å². The molecule has 1 fully saturated rings. The molecule has 0 amide bonds. The third-order valence-corrected chi connectivity index (χ3v) is 3.23. The summed E-state index contributed by atoms with van der Waals surface area (Å²) >= 11 is 0. The zero-order chi connectivity index (χ0) is 11.2. The Morgan fingerprint density at radius 1 is 1.06 bits per heavy atom. The van der Waals surface area contributed by atoms with Crippen LogP contribution in [0.2, 0.25) is 0 Å². The van der Waals surface area contributed by atoms with E-state index in [-0.39, 0.29) is 0 Å². The summed E-state index contributed by atoms with van der Waals surface area (Å²) in [5.41, 5.74) is 1.34. The Balaban J connectivity index is 1.79. The van der Waals surface area contributed by atoms with Crippen LogP contribution >= 0.6 is 0 Å². The van der Waals surface area contributed by atoms with Crippen LogP contribution in [0.15, 0.2) is 30.3 Å². The van der Waals surface area contributed by atoms with Crippen LogP contribution in [0.3, 0.4) is 0 Å². The molecule has 0 aliphatic carbocycles. The van der Waals surface area contributed by atoms with E-state index in [0.29, 0.717) is 0 Å². The van der Waals surface area contributed by atoms with Crippen LogP contribution in [0, 0.1) is 5.41 Å². The predicted molar refractivity (Wildman–Crippen MR) is 67.9 cm³/mol. The molecule has 1 heterocycles. The van der Waals surface area contributed by atoms with Gasteiger partial charge in [0.15, 0.2) is 0 Å². The molecule has 1 aromatic carbocycles. The highest BCUT2D eigenvalue weighted by atomic mass is 15.2. The van der Waals surface area contributed by atoms with Gasteiger partial charge in [0.25, 0.3) is 0 Å². The monoisotopic (exact) mass is 216 g/mol. The van der Waals surface area contributed by atoms with Crippen LogP contribution in [0.25, 0.3) is 0 Å². The summed E-state index contributed by atoms with van der Waals surface area (Å²) in [6, 6.07) is 10.5. The Kier molecular flexibility index (Phi) is 3.97. The van der Waals surface area contributed by atoms with E-state index < -0.39 is 0 Å². The molecule has 0 unspecified atom stereocenters. The topological polar surface area (TPSA) is 27.1 Å². The fourth-order valence-electron chi connectivity index (χ4n) is 2.23. The molecule has 1 saturated heterocycles. The molecule has 0 bridgehead atoms. The van der Waals surface area contributed by atoms with Gasteiger partial charge in [-0.1, -0.05) is 30.3 Å². The Morgan fingerprint density at radius 3 is 2.44 bits per heavy atom. The van der Waals surface area contributed by atoms with Crippen LogP contribution in [0.4, 0.5) is 0 Å². The van der Waals surface area contributed by atoms with Gasteiger partial charge in [-0.15, -0.1) is 0 Å². The third kappa shape index (κ3) is 3.09. The number of rotatable bonds is 3. The maximum atomic E-state index is 8.06. The van der Waals surface area contributed by atoms with Crippen LogP contribution < -0.4 is 0 Å². The zero-order valence-electron chi connectivity index (χ0n) is 9.78. The van der Waals surface area contributed by atoms with Crippen molar-refractivity contribution in [2.45, 2.75) is 32.1 Å². The summed E-state index contributed by atoms with van der Waals surface area (Å²) in [7, 11) is 0. The first-order valence-corrected chi connectivity index (χ1v) is 6.22. The minimum absolute atomic E-state index is 0.823. The lowest BCUT2D eigenvalue weighted by Crippen LogP contribution is -2.35. The highest BCUT2D eigenvalue weighted by Crippen LogP contribution is 2.11. The first-order chi connectivity index (χ1) is 7.86. The molecule has 1 N–H and O–H groups in total. The van der Waals surface area contributed by atoms with Crippen molar-refractivity contribution in [3.63, 3.8) is 0 Å². The average molecular weight is 216 g/mol. The Labute approximate surface area is 97.8 Å². The fourth-order valence-corrected chi connectivity index (χ4v) is 2.23. The number of amidine groups is 1. The minimum Gasteiger partial charge on any atom is -0.361 e. The standard InChI is InChI=1S/C14H20N2/c15-14(16-11-5-2-6-12-16)10-9-13-7-3-1-4-8-13/h1,3-4,7-8,15H,2,5-6,9-12H2. The van der Waals surface area contributed by atoms with Crippen molar-refractivity contribution >= 4 is 5.84 Å². The smallest absolute Gasteiger partial charge is 0.0960 e.